The number of para-hydroxylation sites is 1. The molecule has 0 radical (unpaired) electrons. The summed E-state index contributed by atoms with van der Waals surface area (Å²) in [6.45, 7) is 2.43. The van der Waals surface area contributed by atoms with Gasteiger partial charge in [-0.05, 0) is 18.9 Å². The standard InChI is InChI=1S/C14H19NO2/c1-14(8-4-5-9-14)13(17)15-10-11-6-2-3-7-12(11)16/h2-3,6-7,16H,4-5,8-10H2,1H3,(H,15,17). The lowest BCUT2D eigenvalue weighted by atomic mass is 9.88. The third-order valence-corrected chi connectivity index (χ3v) is 3.69. The number of amides is 1. The maximum atomic E-state index is 12.1. The number of carbonyl (C=O) groups is 1. The molecule has 0 spiro atoms. The van der Waals surface area contributed by atoms with Gasteiger partial charge in [0, 0.05) is 17.5 Å². The zero-order chi connectivity index (χ0) is 12.3. The summed E-state index contributed by atoms with van der Waals surface area (Å²) in [5.41, 5.74) is 0.562. The van der Waals surface area contributed by atoms with Crippen LogP contribution in [0.4, 0.5) is 0 Å². The van der Waals surface area contributed by atoms with Gasteiger partial charge in [0.05, 0.1) is 0 Å². The Morgan fingerprint density at radius 2 is 2.00 bits per heavy atom. The first-order valence-corrected chi connectivity index (χ1v) is 6.17. The molecule has 2 N–H and O–H groups in total. The summed E-state index contributed by atoms with van der Waals surface area (Å²) >= 11 is 0. The number of nitrogens with one attached hydrogen (secondary N) is 1. The second kappa shape index (κ2) is 4.78. The molecule has 17 heavy (non-hydrogen) atoms. The monoisotopic (exact) mass is 233 g/mol. The Bertz CT molecular complexity index is 408. The average Bonchev–Trinajstić information content (AvgIpc) is 2.76. The zero-order valence-electron chi connectivity index (χ0n) is 10.2. The van der Waals surface area contributed by atoms with E-state index in [-0.39, 0.29) is 17.1 Å². The van der Waals surface area contributed by atoms with Gasteiger partial charge in [-0.3, -0.25) is 4.79 Å². The maximum Gasteiger partial charge on any atom is 0.226 e. The average molecular weight is 233 g/mol. The van der Waals surface area contributed by atoms with Gasteiger partial charge in [-0.1, -0.05) is 38.0 Å². The summed E-state index contributed by atoms with van der Waals surface area (Å²) in [4.78, 5) is 12.1. The normalized spacial score (nSPS) is 17.9. The Hall–Kier alpha value is -1.51. The zero-order valence-corrected chi connectivity index (χ0v) is 10.2. The fourth-order valence-electron chi connectivity index (χ4n) is 2.43. The molecule has 1 aromatic carbocycles. The van der Waals surface area contributed by atoms with Gasteiger partial charge in [0.15, 0.2) is 0 Å². The summed E-state index contributed by atoms with van der Waals surface area (Å²) < 4.78 is 0. The smallest absolute Gasteiger partial charge is 0.226 e. The SMILES string of the molecule is CC1(C(=O)NCc2ccccc2O)CCCC1. The highest BCUT2D eigenvalue weighted by atomic mass is 16.3. The van der Waals surface area contributed by atoms with E-state index in [1.54, 1.807) is 12.1 Å². The van der Waals surface area contributed by atoms with Crippen LogP contribution in [0.1, 0.15) is 38.2 Å². The predicted octanol–water partition coefficient (Wildman–Crippen LogP) is 2.59. The van der Waals surface area contributed by atoms with Gasteiger partial charge < -0.3 is 10.4 Å². The van der Waals surface area contributed by atoms with E-state index in [2.05, 4.69) is 5.32 Å². The van der Waals surface area contributed by atoms with E-state index in [1.807, 2.05) is 19.1 Å². The summed E-state index contributed by atoms with van der Waals surface area (Å²) in [7, 11) is 0. The molecule has 0 aliphatic heterocycles. The van der Waals surface area contributed by atoms with Crippen LogP contribution >= 0.6 is 0 Å². The minimum absolute atomic E-state index is 0.109. The Morgan fingerprint density at radius 3 is 2.65 bits per heavy atom. The van der Waals surface area contributed by atoms with Crippen molar-refractivity contribution in [3.8, 4) is 5.75 Å². The first-order valence-electron chi connectivity index (χ1n) is 6.17. The van der Waals surface area contributed by atoms with Gasteiger partial charge in [0.1, 0.15) is 5.75 Å². The fourth-order valence-corrected chi connectivity index (χ4v) is 2.43. The van der Waals surface area contributed by atoms with E-state index in [4.69, 9.17) is 0 Å². The third kappa shape index (κ3) is 2.60. The number of hydrogen-bond acceptors (Lipinski definition) is 2. The molecule has 3 nitrogen and oxygen atoms in total. The number of benzene rings is 1. The lowest BCUT2D eigenvalue weighted by molar-refractivity contribution is -0.130. The summed E-state index contributed by atoms with van der Waals surface area (Å²) in [5.74, 6) is 0.350. The molecular weight excluding hydrogens is 214 g/mol. The first kappa shape index (κ1) is 12.0. The largest absolute Gasteiger partial charge is 0.508 e. The van der Waals surface area contributed by atoms with Crippen molar-refractivity contribution in [3.63, 3.8) is 0 Å². The molecule has 0 aromatic heterocycles. The minimum Gasteiger partial charge on any atom is -0.508 e. The van der Waals surface area contributed by atoms with Gasteiger partial charge in [-0.15, -0.1) is 0 Å². The quantitative estimate of drug-likeness (QED) is 0.843. The highest BCUT2D eigenvalue weighted by molar-refractivity contribution is 5.82. The van der Waals surface area contributed by atoms with Crippen LogP contribution in [0.2, 0.25) is 0 Å². The minimum atomic E-state index is -0.204. The number of aromatic hydroxyl groups is 1. The van der Waals surface area contributed by atoms with Gasteiger partial charge in [-0.25, -0.2) is 0 Å². The second-order valence-corrected chi connectivity index (χ2v) is 5.08. The first-order chi connectivity index (χ1) is 8.12. The Kier molecular flexibility index (Phi) is 3.36. The lowest BCUT2D eigenvalue weighted by Crippen LogP contribution is -2.36. The number of rotatable bonds is 3. The van der Waals surface area contributed by atoms with Crippen molar-refractivity contribution in [1.82, 2.24) is 5.32 Å². The van der Waals surface area contributed by atoms with Crippen LogP contribution in [0.3, 0.4) is 0 Å². The third-order valence-electron chi connectivity index (χ3n) is 3.69. The van der Waals surface area contributed by atoms with Crippen molar-refractivity contribution in [2.24, 2.45) is 5.41 Å². The van der Waals surface area contributed by atoms with Gasteiger partial charge >= 0.3 is 0 Å². The molecule has 0 saturated heterocycles. The summed E-state index contributed by atoms with van der Waals surface area (Å²) in [6, 6.07) is 7.10. The Balaban J connectivity index is 1.94. The number of phenols is 1. The topological polar surface area (TPSA) is 49.3 Å². The van der Waals surface area contributed by atoms with Crippen LogP contribution in [0.5, 0.6) is 5.75 Å². The van der Waals surface area contributed by atoms with E-state index in [1.165, 1.54) is 0 Å². The molecule has 1 aliphatic carbocycles. The van der Waals surface area contributed by atoms with Crippen molar-refractivity contribution >= 4 is 5.91 Å². The molecule has 1 saturated carbocycles. The van der Waals surface area contributed by atoms with E-state index in [0.29, 0.717) is 6.54 Å². The molecule has 0 bridgehead atoms. The van der Waals surface area contributed by atoms with Gasteiger partial charge in [-0.2, -0.15) is 0 Å². The molecule has 1 aliphatic rings. The molecule has 1 fully saturated rings. The van der Waals surface area contributed by atoms with E-state index in [9.17, 15) is 9.90 Å². The predicted molar refractivity (Wildman–Crippen MR) is 66.5 cm³/mol. The fraction of sp³-hybridized carbons (Fsp3) is 0.500. The summed E-state index contributed by atoms with van der Waals surface area (Å²) in [5, 5.41) is 12.5. The summed E-state index contributed by atoms with van der Waals surface area (Å²) in [6.07, 6.45) is 4.22. The molecule has 0 heterocycles. The molecule has 1 aromatic rings. The molecule has 0 unspecified atom stereocenters. The Labute approximate surface area is 102 Å². The second-order valence-electron chi connectivity index (χ2n) is 5.08. The van der Waals surface area contributed by atoms with Crippen molar-refractivity contribution in [2.75, 3.05) is 0 Å². The Morgan fingerprint density at radius 1 is 1.35 bits per heavy atom. The number of phenolic OH excluding ortho intramolecular Hbond substituents is 1. The number of hydrogen-bond donors (Lipinski definition) is 2. The van der Waals surface area contributed by atoms with Crippen LogP contribution in [-0.4, -0.2) is 11.0 Å². The molecule has 2 rings (SSSR count). The highest BCUT2D eigenvalue weighted by Gasteiger charge is 2.35. The lowest BCUT2D eigenvalue weighted by Gasteiger charge is -2.22. The molecule has 0 atom stereocenters. The van der Waals surface area contributed by atoms with Crippen molar-refractivity contribution in [3.05, 3.63) is 29.8 Å². The van der Waals surface area contributed by atoms with Crippen LogP contribution in [0, 0.1) is 5.41 Å². The van der Waals surface area contributed by atoms with Gasteiger partial charge in [0.25, 0.3) is 0 Å². The van der Waals surface area contributed by atoms with E-state index in [0.717, 1.165) is 31.2 Å². The molecule has 1 amide bonds. The number of carbonyl (C=O) groups excluding carboxylic acids is 1. The van der Waals surface area contributed by atoms with Gasteiger partial charge in [0.2, 0.25) is 5.91 Å². The highest BCUT2D eigenvalue weighted by Crippen LogP contribution is 2.37. The van der Waals surface area contributed by atoms with Crippen LogP contribution in [0.25, 0.3) is 0 Å². The molecule has 3 heteroatoms. The van der Waals surface area contributed by atoms with Crippen molar-refractivity contribution in [2.45, 2.75) is 39.2 Å². The van der Waals surface area contributed by atoms with Crippen LogP contribution in [-0.2, 0) is 11.3 Å². The van der Waals surface area contributed by atoms with Crippen LogP contribution < -0.4 is 5.32 Å². The maximum absolute atomic E-state index is 12.1. The van der Waals surface area contributed by atoms with Crippen LogP contribution in [0.15, 0.2) is 24.3 Å². The van der Waals surface area contributed by atoms with Crippen molar-refractivity contribution in [1.29, 1.82) is 0 Å². The van der Waals surface area contributed by atoms with Crippen molar-refractivity contribution < 1.29 is 9.90 Å². The molecule has 92 valence electrons. The van der Waals surface area contributed by atoms with E-state index >= 15 is 0 Å². The molecular formula is C14H19NO2. The van der Waals surface area contributed by atoms with E-state index < -0.39 is 0 Å².